The van der Waals surface area contributed by atoms with Crippen molar-refractivity contribution in [3.63, 3.8) is 0 Å². The number of fused-ring (bicyclic) bond motifs is 6. The van der Waals surface area contributed by atoms with Crippen molar-refractivity contribution >= 4 is 10.8 Å². The lowest BCUT2D eigenvalue weighted by molar-refractivity contribution is 0.511. The maximum atomic E-state index is 2.49. The van der Waals surface area contributed by atoms with Crippen LogP contribution in [0.4, 0.5) is 0 Å². The van der Waals surface area contributed by atoms with Crippen molar-refractivity contribution in [3.8, 4) is 11.1 Å². The normalized spacial score (nSPS) is 27.7. The topological polar surface area (TPSA) is 0 Å². The van der Waals surface area contributed by atoms with Gasteiger partial charge in [0.05, 0.1) is 0 Å². The second kappa shape index (κ2) is 9.53. The number of rotatable bonds is 0. The van der Waals surface area contributed by atoms with E-state index in [1.165, 1.54) is 45.0 Å². The van der Waals surface area contributed by atoms with Crippen LogP contribution in [0.3, 0.4) is 0 Å². The zero-order valence-corrected chi connectivity index (χ0v) is 23.6. The smallest absolute Gasteiger partial charge is 0.0135 e. The second-order valence-electron chi connectivity index (χ2n) is 12.2. The van der Waals surface area contributed by atoms with Gasteiger partial charge in [-0.1, -0.05) is 131 Å². The summed E-state index contributed by atoms with van der Waals surface area (Å²) in [6.07, 6.45) is 18.9. The maximum Gasteiger partial charge on any atom is 0.0135 e. The van der Waals surface area contributed by atoms with E-state index in [9.17, 15) is 0 Å². The fourth-order valence-electron chi connectivity index (χ4n) is 7.55. The van der Waals surface area contributed by atoms with Gasteiger partial charge >= 0.3 is 0 Å². The molecule has 0 spiro atoms. The Morgan fingerprint density at radius 3 is 2.33 bits per heavy atom. The van der Waals surface area contributed by atoms with E-state index in [1.807, 2.05) is 0 Å². The molecule has 5 unspecified atom stereocenters. The molecule has 8 rings (SSSR count). The molecule has 0 nitrogen and oxygen atoms in total. The molecule has 39 heavy (non-hydrogen) atoms. The molecule has 0 heteroatoms. The van der Waals surface area contributed by atoms with Crippen LogP contribution in [0.1, 0.15) is 63.5 Å². The van der Waals surface area contributed by atoms with Gasteiger partial charge in [-0.15, -0.1) is 0 Å². The lowest BCUT2D eigenvalue weighted by Crippen LogP contribution is -2.24. The van der Waals surface area contributed by atoms with Gasteiger partial charge in [-0.2, -0.15) is 0 Å². The van der Waals surface area contributed by atoms with Gasteiger partial charge in [0, 0.05) is 5.92 Å². The first-order valence-corrected chi connectivity index (χ1v) is 14.8. The highest BCUT2D eigenvalue weighted by Crippen LogP contribution is 2.50. The van der Waals surface area contributed by atoms with Crippen LogP contribution in [0.15, 0.2) is 131 Å². The molecule has 0 aliphatic heterocycles. The van der Waals surface area contributed by atoms with Gasteiger partial charge in [-0.05, 0) is 97.4 Å². The van der Waals surface area contributed by atoms with Gasteiger partial charge in [-0.25, -0.2) is 0 Å². The third-order valence-electron chi connectivity index (χ3n) is 10.1. The van der Waals surface area contributed by atoms with Crippen molar-refractivity contribution < 1.29 is 0 Å². The fraction of sp³-hybridized carbons (Fsp3) is 0.282. The van der Waals surface area contributed by atoms with E-state index in [-0.39, 0.29) is 0 Å². The van der Waals surface area contributed by atoms with Crippen molar-refractivity contribution in [3.05, 3.63) is 142 Å². The molecule has 0 radical (unpaired) electrons. The number of allylic oxidation sites excluding steroid dienone is 12. The van der Waals surface area contributed by atoms with Gasteiger partial charge in [0.1, 0.15) is 0 Å². The van der Waals surface area contributed by atoms with E-state index in [0.717, 1.165) is 6.42 Å². The Kier molecular flexibility index (Phi) is 5.96. The predicted octanol–water partition coefficient (Wildman–Crippen LogP) is 10.6. The van der Waals surface area contributed by atoms with Gasteiger partial charge in [0.25, 0.3) is 0 Å². The monoisotopic (exact) mass is 506 g/mol. The van der Waals surface area contributed by atoms with E-state index in [4.69, 9.17) is 0 Å². The fourth-order valence-corrected chi connectivity index (χ4v) is 7.55. The largest absolute Gasteiger partial charge is 0.0830 e. The molecule has 3 aromatic rings. The summed E-state index contributed by atoms with van der Waals surface area (Å²) in [6.45, 7) is 9.42. The number of hydrogen-bond acceptors (Lipinski definition) is 0. The molecule has 0 saturated carbocycles. The Hall–Kier alpha value is -3.64. The van der Waals surface area contributed by atoms with E-state index >= 15 is 0 Å². The lowest BCUT2D eigenvalue weighted by atomic mass is 9.66. The second-order valence-corrected chi connectivity index (χ2v) is 12.2. The average molecular weight is 507 g/mol. The standard InChI is InChI=1S/C20H18.C19H20/c1-13-14(2)17-12-11-15-7-3-4-9-18(15)20(17)19-10-6-5-8-16(13)19;1-12-9-10-16-17-8-4-6-14-5-3-7-15(19(14)17)11-18(16)13(12)2/h3-14H,1-2H3;3-6,9-13,17H,7-8H2,1-2H3. The summed E-state index contributed by atoms with van der Waals surface area (Å²) >= 11 is 0. The summed E-state index contributed by atoms with van der Waals surface area (Å²) in [5.41, 5.74) is 13.7. The molecule has 0 aromatic heterocycles. The van der Waals surface area contributed by atoms with Gasteiger partial charge in [0.15, 0.2) is 0 Å². The molecule has 0 N–H and O–H groups in total. The van der Waals surface area contributed by atoms with Gasteiger partial charge < -0.3 is 0 Å². The molecule has 5 atom stereocenters. The molecular formula is C39H38. The number of hydrogen-bond donors (Lipinski definition) is 0. The van der Waals surface area contributed by atoms with E-state index in [0.29, 0.717) is 29.6 Å². The maximum absolute atomic E-state index is 2.49. The molecule has 3 aromatic carbocycles. The van der Waals surface area contributed by atoms with Crippen LogP contribution in [0.25, 0.3) is 21.9 Å². The van der Waals surface area contributed by atoms with Crippen molar-refractivity contribution in [2.45, 2.75) is 52.4 Å². The Labute approximate surface area is 233 Å². The van der Waals surface area contributed by atoms with Crippen LogP contribution >= 0.6 is 0 Å². The third kappa shape index (κ3) is 3.88. The van der Waals surface area contributed by atoms with Crippen LogP contribution in [-0.4, -0.2) is 0 Å². The molecule has 0 heterocycles. The van der Waals surface area contributed by atoms with Crippen molar-refractivity contribution in [1.29, 1.82) is 0 Å². The van der Waals surface area contributed by atoms with Crippen LogP contribution in [0.2, 0.25) is 0 Å². The Morgan fingerprint density at radius 2 is 1.44 bits per heavy atom. The van der Waals surface area contributed by atoms with Gasteiger partial charge in [0.2, 0.25) is 0 Å². The Morgan fingerprint density at radius 1 is 0.667 bits per heavy atom. The summed E-state index contributed by atoms with van der Waals surface area (Å²) in [4.78, 5) is 0. The van der Waals surface area contributed by atoms with Crippen molar-refractivity contribution in [2.24, 2.45) is 17.8 Å². The molecule has 0 amide bonds. The minimum absolute atomic E-state index is 0.574. The summed E-state index contributed by atoms with van der Waals surface area (Å²) in [7, 11) is 0. The zero-order valence-electron chi connectivity index (χ0n) is 23.6. The quantitative estimate of drug-likeness (QED) is 0.284. The molecule has 5 aliphatic rings. The molecular weight excluding hydrogens is 468 g/mol. The highest BCUT2D eigenvalue weighted by molar-refractivity contribution is 6.00. The Balaban J connectivity index is 0.000000130. The summed E-state index contributed by atoms with van der Waals surface area (Å²) < 4.78 is 0. The summed E-state index contributed by atoms with van der Waals surface area (Å²) in [5, 5.41) is 2.72. The van der Waals surface area contributed by atoms with Crippen LogP contribution in [0, 0.1) is 17.8 Å². The highest BCUT2D eigenvalue weighted by Gasteiger charge is 2.34. The van der Waals surface area contributed by atoms with E-state index < -0.39 is 0 Å². The minimum atomic E-state index is 0.574. The average Bonchev–Trinajstić information content (AvgIpc) is 2.98. The molecule has 5 aliphatic carbocycles. The summed E-state index contributed by atoms with van der Waals surface area (Å²) in [5.74, 6) is 3.10. The summed E-state index contributed by atoms with van der Waals surface area (Å²) in [6, 6.07) is 22.2. The van der Waals surface area contributed by atoms with Crippen molar-refractivity contribution in [1.82, 2.24) is 0 Å². The first-order valence-electron chi connectivity index (χ1n) is 14.8. The minimum Gasteiger partial charge on any atom is -0.0830 e. The van der Waals surface area contributed by atoms with Crippen LogP contribution in [0.5, 0.6) is 0 Å². The third-order valence-corrected chi connectivity index (χ3v) is 10.1. The van der Waals surface area contributed by atoms with E-state index in [2.05, 4.69) is 131 Å². The first-order chi connectivity index (χ1) is 19.0. The lowest BCUT2D eigenvalue weighted by Gasteiger charge is -2.38. The molecule has 0 saturated heterocycles. The Bertz CT molecular complexity index is 1660. The highest BCUT2D eigenvalue weighted by atomic mass is 14.4. The predicted molar refractivity (Wildman–Crippen MR) is 167 cm³/mol. The van der Waals surface area contributed by atoms with Crippen molar-refractivity contribution in [2.75, 3.05) is 0 Å². The molecule has 0 fully saturated rings. The molecule has 194 valence electrons. The van der Waals surface area contributed by atoms with E-state index in [1.54, 1.807) is 22.3 Å². The van der Waals surface area contributed by atoms with Crippen LogP contribution < -0.4 is 0 Å². The van der Waals surface area contributed by atoms with Gasteiger partial charge in [-0.3, -0.25) is 0 Å². The SMILES string of the molecule is CC1C=CC2=C(C=C3CC=CC4=C3C2CC=C4)C1C.CC1c2ccccc2-c2c(ccc3ccccc23)C1C. The zero-order chi connectivity index (χ0) is 26.7. The first kappa shape index (κ1) is 24.4. The molecule has 0 bridgehead atoms. The number of benzene rings is 3. The van der Waals surface area contributed by atoms with Crippen LogP contribution in [-0.2, 0) is 0 Å².